The van der Waals surface area contributed by atoms with Gasteiger partial charge >= 0.3 is 0 Å². The second kappa shape index (κ2) is 6.25. The number of aromatic nitrogens is 3. The highest BCUT2D eigenvalue weighted by atomic mass is 19.1. The van der Waals surface area contributed by atoms with E-state index in [0.717, 1.165) is 5.56 Å². The molecule has 0 fully saturated rings. The average Bonchev–Trinajstić information content (AvgIpc) is 2.87. The minimum Gasteiger partial charge on any atom is -0.336 e. The van der Waals surface area contributed by atoms with Crippen LogP contribution in [0.5, 0.6) is 0 Å². The lowest BCUT2D eigenvalue weighted by Crippen LogP contribution is -2.26. The van der Waals surface area contributed by atoms with Crippen molar-refractivity contribution in [3.8, 4) is 0 Å². The third kappa shape index (κ3) is 3.39. The topological polar surface area (TPSA) is 77.0 Å². The van der Waals surface area contributed by atoms with Gasteiger partial charge in [0, 0.05) is 20.1 Å². The molecule has 0 saturated carbocycles. The van der Waals surface area contributed by atoms with Gasteiger partial charge in [-0.05, 0) is 17.7 Å². The van der Waals surface area contributed by atoms with Gasteiger partial charge in [-0.15, -0.1) is 5.10 Å². The lowest BCUT2D eigenvalue weighted by Gasteiger charge is -2.15. The summed E-state index contributed by atoms with van der Waals surface area (Å²) in [6, 6.07) is 6.14. The zero-order valence-electron chi connectivity index (χ0n) is 11.2. The molecular weight excluding hydrogens is 261 g/mol. The molecule has 0 bridgehead atoms. The first-order chi connectivity index (χ1) is 9.60. The molecule has 0 aliphatic rings. The number of nitrogens with two attached hydrogens (primary N) is 1. The zero-order chi connectivity index (χ0) is 14.5. The van der Waals surface area contributed by atoms with E-state index in [2.05, 4.69) is 10.3 Å². The van der Waals surface area contributed by atoms with Crippen molar-refractivity contribution in [3.05, 3.63) is 47.5 Å². The molecule has 2 rings (SSSR count). The molecule has 2 N–H and O–H groups in total. The Labute approximate surface area is 116 Å². The highest BCUT2D eigenvalue weighted by Crippen LogP contribution is 2.08. The van der Waals surface area contributed by atoms with Crippen molar-refractivity contribution < 1.29 is 9.18 Å². The van der Waals surface area contributed by atoms with E-state index in [1.54, 1.807) is 25.4 Å². The summed E-state index contributed by atoms with van der Waals surface area (Å²) in [4.78, 5) is 13.6. The van der Waals surface area contributed by atoms with Gasteiger partial charge in [0.15, 0.2) is 5.69 Å². The maximum Gasteiger partial charge on any atom is 0.276 e. The molecule has 0 aliphatic carbocycles. The minimum atomic E-state index is -0.322. The molecule has 0 saturated heterocycles. The van der Waals surface area contributed by atoms with Crippen molar-refractivity contribution in [1.29, 1.82) is 0 Å². The van der Waals surface area contributed by atoms with Crippen LogP contribution in [0.4, 0.5) is 4.39 Å². The summed E-state index contributed by atoms with van der Waals surface area (Å²) >= 11 is 0. The molecule has 0 unspecified atom stereocenters. The normalized spacial score (nSPS) is 10.6. The Morgan fingerprint density at radius 1 is 1.50 bits per heavy atom. The van der Waals surface area contributed by atoms with Crippen molar-refractivity contribution >= 4 is 5.91 Å². The van der Waals surface area contributed by atoms with Gasteiger partial charge in [0.25, 0.3) is 5.91 Å². The smallest absolute Gasteiger partial charge is 0.276 e. The molecule has 0 atom stereocenters. The van der Waals surface area contributed by atoms with Gasteiger partial charge in [-0.25, -0.2) is 4.39 Å². The van der Waals surface area contributed by atoms with E-state index in [0.29, 0.717) is 19.6 Å². The SMILES string of the molecule is CN(Cc1cccc(F)c1)C(=O)c1cn(CCN)nn1. The van der Waals surface area contributed by atoms with Gasteiger partial charge in [0.1, 0.15) is 5.82 Å². The second-order valence-electron chi connectivity index (χ2n) is 4.45. The predicted octanol–water partition coefficient (Wildman–Crippen LogP) is 0.648. The summed E-state index contributed by atoms with van der Waals surface area (Å²) in [5.41, 5.74) is 6.37. The standard InChI is InChI=1S/C13H16FN5O/c1-18(8-10-3-2-4-11(14)7-10)13(20)12-9-19(6-5-15)17-16-12/h2-4,7,9H,5-6,8,15H2,1H3. The van der Waals surface area contributed by atoms with Crippen molar-refractivity contribution in [2.24, 2.45) is 5.73 Å². The summed E-state index contributed by atoms with van der Waals surface area (Å²) in [5.74, 6) is -0.588. The molecule has 6 nitrogen and oxygen atoms in total. The number of rotatable bonds is 5. The van der Waals surface area contributed by atoms with Gasteiger partial charge in [-0.3, -0.25) is 9.48 Å². The van der Waals surface area contributed by atoms with E-state index in [1.807, 2.05) is 0 Å². The Balaban J connectivity index is 2.04. The summed E-state index contributed by atoms with van der Waals surface area (Å²) in [7, 11) is 1.63. The van der Waals surface area contributed by atoms with Gasteiger partial charge in [-0.1, -0.05) is 17.3 Å². The van der Waals surface area contributed by atoms with Gasteiger partial charge in [0.2, 0.25) is 0 Å². The maximum atomic E-state index is 13.1. The van der Waals surface area contributed by atoms with Crippen molar-refractivity contribution in [3.63, 3.8) is 0 Å². The number of carbonyl (C=O) groups excluding carboxylic acids is 1. The lowest BCUT2D eigenvalue weighted by atomic mass is 10.2. The second-order valence-corrected chi connectivity index (χ2v) is 4.45. The molecule has 1 amide bonds. The van der Waals surface area contributed by atoms with Crippen LogP contribution >= 0.6 is 0 Å². The molecule has 1 aromatic heterocycles. The first-order valence-electron chi connectivity index (χ1n) is 6.20. The first kappa shape index (κ1) is 14.1. The van der Waals surface area contributed by atoms with E-state index in [9.17, 15) is 9.18 Å². The summed E-state index contributed by atoms with van der Waals surface area (Å²) in [5, 5.41) is 7.62. The Bertz CT molecular complexity index is 598. The number of nitrogens with zero attached hydrogens (tertiary/aromatic N) is 4. The van der Waals surface area contributed by atoms with E-state index in [-0.39, 0.29) is 17.4 Å². The molecule has 1 heterocycles. The monoisotopic (exact) mass is 277 g/mol. The number of carbonyl (C=O) groups is 1. The van der Waals surface area contributed by atoms with Crippen LogP contribution in [0.25, 0.3) is 0 Å². The van der Waals surface area contributed by atoms with Crippen LogP contribution in [-0.2, 0) is 13.1 Å². The Morgan fingerprint density at radius 2 is 2.30 bits per heavy atom. The summed E-state index contributed by atoms with van der Waals surface area (Å²) in [6.45, 7) is 1.24. The quantitative estimate of drug-likeness (QED) is 0.870. The van der Waals surface area contributed by atoms with Gasteiger partial charge < -0.3 is 10.6 Å². The molecule has 0 radical (unpaired) electrons. The number of halogens is 1. The van der Waals surface area contributed by atoms with Crippen molar-refractivity contribution in [1.82, 2.24) is 19.9 Å². The van der Waals surface area contributed by atoms with Crippen LogP contribution in [-0.4, -0.2) is 39.4 Å². The Hall–Kier alpha value is -2.28. The van der Waals surface area contributed by atoms with Gasteiger partial charge in [0.05, 0.1) is 12.7 Å². The molecule has 0 aliphatic heterocycles. The highest BCUT2D eigenvalue weighted by molar-refractivity contribution is 5.91. The third-order valence-corrected chi connectivity index (χ3v) is 2.77. The van der Waals surface area contributed by atoms with Crippen LogP contribution in [0.1, 0.15) is 16.1 Å². The molecule has 2 aromatic rings. The third-order valence-electron chi connectivity index (χ3n) is 2.77. The van der Waals surface area contributed by atoms with Crippen LogP contribution in [0.3, 0.4) is 0 Å². The highest BCUT2D eigenvalue weighted by Gasteiger charge is 2.16. The number of amides is 1. The Kier molecular flexibility index (Phi) is 4.41. The van der Waals surface area contributed by atoms with Gasteiger partial charge in [-0.2, -0.15) is 0 Å². The van der Waals surface area contributed by atoms with E-state index in [1.165, 1.54) is 21.7 Å². The fourth-order valence-corrected chi connectivity index (χ4v) is 1.81. The van der Waals surface area contributed by atoms with Crippen LogP contribution in [0.15, 0.2) is 30.5 Å². The fourth-order valence-electron chi connectivity index (χ4n) is 1.81. The van der Waals surface area contributed by atoms with E-state index < -0.39 is 0 Å². The molecular formula is C13H16FN5O. The molecule has 20 heavy (non-hydrogen) atoms. The fraction of sp³-hybridized carbons (Fsp3) is 0.308. The van der Waals surface area contributed by atoms with Crippen molar-refractivity contribution in [2.75, 3.05) is 13.6 Å². The molecule has 0 spiro atoms. The lowest BCUT2D eigenvalue weighted by molar-refractivity contribution is 0.0779. The predicted molar refractivity (Wildman–Crippen MR) is 71.3 cm³/mol. The maximum absolute atomic E-state index is 13.1. The summed E-state index contributed by atoms with van der Waals surface area (Å²) in [6.07, 6.45) is 1.55. The van der Waals surface area contributed by atoms with Crippen LogP contribution < -0.4 is 5.73 Å². The van der Waals surface area contributed by atoms with E-state index in [4.69, 9.17) is 5.73 Å². The largest absolute Gasteiger partial charge is 0.336 e. The van der Waals surface area contributed by atoms with Crippen LogP contribution in [0.2, 0.25) is 0 Å². The zero-order valence-corrected chi connectivity index (χ0v) is 11.2. The molecule has 106 valence electrons. The average molecular weight is 277 g/mol. The van der Waals surface area contributed by atoms with E-state index >= 15 is 0 Å². The summed E-state index contributed by atoms with van der Waals surface area (Å²) < 4.78 is 14.6. The Morgan fingerprint density at radius 3 is 3.00 bits per heavy atom. The van der Waals surface area contributed by atoms with Crippen LogP contribution in [0, 0.1) is 5.82 Å². The first-order valence-corrected chi connectivity index (χ1v) is 6.20. The molecule has 1 aromatic carbocycles. The number of benzene rings is 1. The number of hydrogen-bond donors (Lipinski definition) is 1. The van der Waals surface area contributed by atoms with Crippen molar-refractivity contribution in [2.45, 2.75) is 13.1 Å². The molecule has 7 heteroatoms. The minimum absolute atomic E-state index is 0.248. The number of hydrogen-bond acceptors (Lipinski definition) is 4.